The van der Waals surface area contributed by atoms with Gasteiger partial charge in [0.1, 0.15) is 0 Å². The van der Waals surface area contributed by atoms with Gasteiger partial charge in [0.2, 0.25) is 0 Å². The first-order chi connectivity index (χ1) is 4.97. The standard InChI is InChI=1S/C8H7N2/c1-2-4-8-7(3-1)5-9-6-10-8/h2,4-5H,1,3H2. The molecule has 0 saturated heterocycles. The van der Waals surface area contributed by atoms with Crippen LogP contribution in [0.25, 0.3) is 6.08 Å². The highest BCUT2D eigenvalue weighted by Crippen LogP contribution is 2.13. The summed E-state index contributed by atoms with van der Waals surface area (Å²) >= 11 is 0. The van der Waals surface area contributed by atoms with Gasteiger partial charge >= 0.3 is 0 Å². The van der Waals surface area contributed by atoms with E-state index in [-0.39, 0.29) is 0 Å². The second-order valence-electron chi connectivity index (χ2n) is 2.32. The summed E-state index contributed by atoms with van der Waals surface area (Å²) in [5.74, 6) is 0. The van der Waals surface area contributed by atoms with Crippen LogP contribution < -0.4 is 0 Å². The Labute approximate surface area is 59.6 Å². The normalized spacial score (nSPS) is 14.8. The lowest BCUT2D eigenvalue weighted by Crippen LogP contribution is -1.97. The highest BCUT2D eigenvalue weighted by atomic mass is 14.8. The molecule has 1 aliphatic rings. The number of rotatable bonds is 0. The summed E-state index contributed by atoms with van der Waals surface area (Å²) in [6.45, 7) is 0. The first-order valence-corrected chi connectivity index (χ1v) is 3.35. The van der Waals surface area contributed by atoms with Gasteiger partial charge in [-0.25, -0.2) is 9.97 Å². The number of nitrogens with zero attached hydrogens (tertiary/aromatic N) is 2. The van der Waals surface area contributed by atoms with Gasteiger partial charge in [-0.2, -0.15) is 0 Å². The summed E-state index contributed by atoms with van der Waals surface area (Å²) < 4.78 is 0. The Hall–Kier alpha value is -1.18. The van der Waals surface area contributed by atoms with Gasteiger partial charge in [0.25, 0.3) is 0 Å². The fourth-order valence-corrected chi connectivity index (χ4v) is 1.10. The van der Waals surface area contributed by atoms with E-state index in [1.807, 2.05) is 12.3 Å². The largest absolute Gasteiger partial charge is 0.233 e. The SMILES string of the molecule is [c]1ncc2c(n1)C=CCC2. The van der Waals surface area contributed by atoms with Crippen LogP contribution in [-0.2, 0) is 6.42 Å². The predicted molar refractivity (Wildman–Crippen MR) is 38.2 cm³/mol. The molecule has 0 amide bonds. The van der Waals surface area contributed by atoms with Crippen LogP contribution >= 0.6 is 0 Å². The Morgan fingerprint density at radius 1 is 1.50 bits per heavy atom. The van der Waals surface area contributed by atoms with Crippen molar-refractivity contribution in [1.82, 2.24) is 9.97 Å². The van der Waals surface area contributed by atoms with Crippen molar-refractivity contribution in [3.05, 3.63) is 29.9 Å². The van der Waals surface area contributed by atoms with Gasteiger partial charge in [-0.15, -0.1) is 0 Å². The van der Waals surface area contributed by atoms with Crippen molar-refractivity contribution < 1.29 is 0 Å². The van der Waals surface area contributed by atoms with Gasteiger partial charge in [0, 0.05) is 6.20 Å². The highest BCUT2D eigenvalue weighted by Gasteiger charge is 2.03. The molecule has 1 aromatic heterocycles. The zero-order chi connectivity index (χ0) is 6.81. The van der Waals surface area contributed by atoms with Crippen molar-refractivity contribution in [2.45, 2.75) is 12.8 Å². The quantitative estimate of drug-likeness (QED) is 0.529. The minimum atomic E-state index is 1.03. The third-order valence-corrected chi connectivity index (χ3v) is 1.63. The van der Waals surface area contributed by atoms with E-state index in [9.17, 15) is 0 Å². The molecule has 1 aromatic rings. The molecule has 0 fully saturated rings. The Morgan fingerprint density at radius 2 is 2.50 bits per heavy atom. The van der Waals surface area contributed by atoms with Gasteiger partial charge in [0.15, 0.2) is 6.33 Å². The van der Waals surface area contributed by atoms with E-state index in [2.05, 4.69) is 22.4 Å². The van der Waals surface area contributed by atoms with E-state index in [0.717, 1.165) is 18.5 Å². The fraction of sp³-hybridized carbons (Fsp3) is 0.250. The topological polar surface area (TPSA) is 25.8 Å². The van der Waals surface area contributed by atoms with Crippen molar-refractivity contribution in [2.75, 3.05) is 0 Å². The number of hydrogen-bond donors (Lipinski definition) is 0. The molecule has 1 aliphatic carbocycles. The lowest BCUT2D eigenvalue weighted by molar-refractivity contribution is 0.935. The number of fused-ring (bicyclic) bond motifs is 1. The van der Waals surface area contributed by atoms with Gasteiger partial charge < -0.3 is 0 Å². The molecule has 0 bridgehead atoms. The Kier molecular flexibility index (Phi) is 1.24. The minimum absolute atomic E-state index is 1.03. The van der Waals surface area contributed by atoms with Crippen molar-refractivity contribution in [3.63, 3.8) is 0 Å². The van der Waals surface area contributed by atoms with E-state index in [1.54, 1.807) is 0 Å². The molecule has 0 aliphatic heterocycles. The summed E-state index contributed by atoms with van der Waals surface area (Å²) in [4.78, 5) is 7.82. The first kappa shape index (κ1) is 5.59. The second-order valence-corrected chi connectivity index (χ2v) is 2.32. The summed E-state index contributed by atoms with van der Waals surface area (Å²) in [7, 11) is 0. The van der Waals surface area contributed by atoms with Crippen LogP contribution in [0.2, 0.25) is 0 Å². The summed E-state index contributed by atoms with van der Waals surface area (Å²) in [5, 5.41) is 0. The first-order valence-electron chi connectivity index (χ1n) is 3.35. The smallest absolute Gasteiger partial charge is 0.198 e. The number of allylic oxidation sites excluding steroid dienone is 1. The van der Waals surface area contributed by atoms with Gasteiger partial charge in [-0.3, -0.25) is 0 Å². The van der Waals surface area contributed by atoms with Crippen LogP contribution in [-0.4, -0.2) is 9.97 Å². The van der Waals surface area contributed by atoms with E-state index in [0.29, 0.717) is 0 Å². The van der Waals surface area contributed by atoms with Gasteiger partial charge in [0.05, 0.1) is 5.69 Å². The van der Waals surface area contributed by atoms with Crippen molar-refractivity contribution >= 4 is 6.08 Å². The molecule has 2 rings (SSSR count). The summed E-state index contributed by atoms with van der Waals surface area (Å²) in [5.41, 5.74) is 2.27. The Morgan fingerprint density at radius 3 is 3.40 bits per heavy atom. The maximum Gasteiger partial charge on any atom is 0.198 e. The number of aromatic nitrogens is 2. The molecule has 0 atom stereocenters. The van der Waals surface area contributed by atoms with Crippen LogP contribution in [0.5, 0.6) is 0 Å². The third kappa shape index (κ3) is 0.817. The maximum absolute atomic E-state index is 4.00. The van der Waals surface area contributed by atoms with Gasteiger partial charge in [-0.05, 0) is 24.5 Å². The van der Waals surface area contributed by atoms with Gasteiger partial charge in [-0.1, -0.05) is 6.08 Å². The summed E-state index contributed by atoms with van der Waals surface area (Å²) in [6, 6.07) is 0. The molecule has 1 radical (unpaired) electrons. The molecule has 0 spiro atoms. The molecule has 10 heavy (non-hydrogen) atoms. The minimum Gasteiger partial charge on any atom is -0.233 e. The molecule has 0 unspecified atom stereocenters. The predicted octanol–water partition coefficient (Wildman–Crippen LogP) is 1.24. The molecule has 2 nitrogen and oxygen atoms in total. The van der Waals surface area contributed by atoms with Crippen molar-refractivity contribution in [1.29, 1.82) is 0 Å². The third-order valence-electron chi connectivity index (χ3n) is 1.63. The Bertz CT molecular complexity index is 266. The van der Waals surface area contributed by atoms with E-state index < -0.39 is 0 Å². The summed E-state index contributed by atoms with van der Waals surface area (Å²) in [6.07, 6.45) is 10.7. The van der Waals surface area contributed by atoms with E-state index in [1.165, 1.54) is 5.56 Å². The zero-order valence-corrected chi connectivity index (χ0v) is 5.54. The number of aryl methyl sites for hydroxylation is 1. The fourth-order valence-electron chi connectivity index (χ4n) is 1.10. The molecule has 2 heteroatoms. The highest BCUT2D eigenvalue weighted by molar-refractivity contribution is 5.50. The molecular weight excluding hydrogens is 124 g/mol. The monoisotopic (exact) mass is 131 g/mol. The zero-order valence-electron chi connectivity index (χ0n) is 5.54. The average molecular weight is 131 g/mol. The molecule has 0 N–H and O–H groups in total. The second kappa shape index (κ2) is 2.21. The number of hydrogen-bond acceptors (Lipinski definition) is 2. The van der Waals surface area contributed by atoms with Crippen LogP contribution in [0.3, 0.4) is 0 Å². The van der Waals surface area contributed by atoms with Crippen LogP contribution in [0, 0.1) is 6.33 Å². The Balaban J connectivity index is 2.54. The van der Waals surface area contributed by atoms with Crippen LogP contribution in [0.15, 0.2) is 12.3 Å². The van der Waals surface area contributed by atoms with Crippen LogP contribution in [0.4, 0.5) is 0 Å². The van der Waals surface area contributed by atoms with E-state index >= 15 is 0 Å². The molecule has 49 valence electrons. The lowest BCUT2D eigenvalue weighted by atomic mass is 10.0. The maximum atomic E-state index is 4.00. The van der Waals surface area contributed by atoms with Crippen molar-refractivity contribution in [2.24, 2.45) is 0 Å². The van der Waals surface area contributed by atoms with E-state index in [4.69, 9.17) is 0 Å². The van der Waals surface area contributed by atoms with Crippen LogP contribution in [0.1, 0.15) is 17.7 Å². The molecule has 0 aromatic carbocycles. The molecule has 0 saturated carbocycles. The van der Waals surface area contributed by atoms with Crippen molar-refractivity contribution in [3.8, 4) is 0 Å². The lowest BCUT2D eigenvalue weighted by Gasteiger charge is -2.05. The molecule has 1 heterocycles. The average Bonchev–Trinajstić information content (AvgIpc) is 2.05. The molecular formula is C8H7N2.